The molecule has 4 heterocycles. The maximum Gasteiger partial charge on any atom is 0.263 e. The van der Waals surface area contributed by atoms with Gasteiger partial charge >= 0.3 is 0 Å². The standard InChI is InChI=1S/C57H33N3O/c61-57-47-18-5-4-14-41(47)49-32-37(33-50-44-17-8-11-21-53(44)60(57)54(49)50)35-24-22-34-23-25-36-30-39(26-27-40(36)48(34)31-35)59-52-20-10-7-16-43(52)46-29-28-45-42-15-6-9-19-51(42)58(55(45)56(46)59)38-12-2-1-3-13-38/h1-33H. The number of rotatable bonds is 3. The lowest BCUT2D eigenvalue weighted by Gasteiger charge is -2.14. The molecular formula is C57H33N3O. The topological polar surface area (TPSA) is 31.3 Å². The van der Waals surface area contributed by atoms with Crippen molar-refractivity contribution in [1.82, 2.24) is 13.5 Å². The largest absolute Gasteiger partial charge is 0.307 e. The predicted octanol–water partition coefficient (Wildman–Crippen LogP) is 14.4. The van der Waals surface area contributed by atoms with Crippen LogP contribution in [-0.4, -0.2) is 13.5 Å². The first kappa shape index (κ1) is 32.7. The summed E-state index contributed by atoms with van der Waals surface area (Å²) in [5, 5.41) is 14.8. The summed E-state index contributed by atoms with van der Waals surface area (Å²) in [6.07, 6.45) is 0. The number of para-hydroxylation sites is 4. The average Bonchev–Trinajstić information content (AvgIpc) is 3.97. The van der Waals surface area contributed by atoms with E-state index in [9.17, 15) is 4.79 Å². The van der Waals surface area contributed by atoms with E-state index in [1.807, 2.05) is 28.7 Å². The highest BCUT2D eigenvalue weighted by atomic mass is 16.1. The molecule has 0 atom stereocenters. The fourth-order valence-corrected chi connectivity index (χ4v) is 10.7. The second-order valence-electron chi connectivity index (χ2n) is 16.4. The van der Waals surface area contributed by atoms with Crippen molar-refractivity contribution in [1.29, 1.82) is 0 Å². The van der Waals surface area contributed by atoms with E-state index in [0.29, 0.717) is 0 Å². The number of nitrogens with zero attached hydrogens (tertiary/aromatic N) is 3. The Hall–Kier alpha value is -8.21. The first-order valence-electron chi connectivity index (χ1n) is 20.9. The number of pyridine rings is 1. The van der Waals surface area contributed by atoms with Gasteiger partial charge in [-0.2, -0.15) is 0 Å². The molecule has 0 aliphatic carbocycles. The first-order valence-corrected chi connectivity index (χ1v) is 20.9. The second kappa shape index (κ2) is 11.9. The minimum absolute atomic E-state index is 0.0301. The fraction of sp³-hybridized carbons (Fsp3) is 0. The van der Waals surface area contributed by atoms with Crippen molar-refractivity contribution in [2.24, 2.45) is 0 Å². The molecule has 4 aromatic heterocycles. The minimum Gasteiger partial charge on any atom is -0.307 e. The molecule has 0 saturated heterocycles. The summed E-state index contributed by atoms with van der Waals surface area (Å²) in [6.45, 7) is 0. The van der Waals surface area contributed by atoms with Crippen LogP contribution in [0, 0.1) is 0 Å². The van der Waals surface area contributed by atoms with E-state index in [-0.39, 0.29) is 5.56 Å². The van der Waals surface area contributed by atoms with Crippen LogP contribution < -0.4 is 5.56 Å². The minimum atomic E-state index is 0.0301. The predicted molar refractivity (Wildman–Crippen MR) is 256 cm³/mol. The molecule has 0 spiro atoms. The quantitative estimate of drug-likeness (QED) is 0.164. The monoisotopic (exact) mass is 775 g/mol. The maximum absolute atomic E-state index is 14.0. The van der Waals surface area contributed by atoms with Gasteiger partial charge in [0.2, 0.25) is 0 Å². The Bertz CT molecular complexity index is 4240. The number of benzene rings is 10. The zero-order chi connectivity index (χ0) is 39.9. The molecule has 14 aromatic rings. The Balaban J connectivity index is 1.01. The van der Waals surface area contributed by atoms with Gasteiger partial charge in [-0.15, -0.1) is 0 Å². The average molecular weight is 776 g/mol. The van der Waals surface area contributed by atoms with E-state index in [4.69, 9.17) is 0 Å². The van der Waals surface area contributed by atoms with Gasteiger partial charge in [0, 0.05) is 54.5 Å². The number of hydrogen-bond donors (Lipinski definition) is 0. The maximum atomic E-state index is 14.0. The van der Waals surface area contributed by atoms with Gasteiger partial charge in [-0.3, -0.25) is 9.20 Å². The molecule has 0 N–H and O–H groups in total. The van der Waals surface area contributed by atoms with Crippen molar-refractivity contribution in [3.8, 4) is 22.5 Å². The summed E-state index contributed by atoms with van der Waals surface area (Å²) in [5.41, 5.74) is 11.3. The second-order valence-corrected chi connectivity index (χ2v) is 16.4. The van der Waals surface area contributed by atoms with Crippen LogP contribution in [0.25, 0.3) is 126 Å². The van der Waals surface area contributed by atoms with E-state index in [2.05, 4.69) is 185 Å². The van der Waals surface area contributed by atoms with Gasteiger partial charge in [0.1, 0.15) is 0 Å². The van der Waals surface area contributed by atoms with Crippen molar-refractivity contribution in [3.63, 3.8) is 0 Å². The van der Waals surface area contributed by atoms with E-state index in [1.54, 1.807) is 0 Å². The van der Waals surface area contributed by atoms with E-state index < -0.39 is 0 Å². The number of hydrogen-bond acceptors (Lipinski definition) is 1. The highest BCUT2D eigenvalue weighted by Crippen LogP contribution is 2.43. The smallest absolute Gasteiger partial charge is 0.263 e. The molecular weight excluding hydrogens is 743 g/mol. The Morgan fingerprint density at radius 1 is 0.279 bits per heavy atom. The molecule has 10 aromatic carbocycles. The van der Waals surface area contributed by atoms with Gasteiger partial charge in [-0.05, 0) is 105 Å². The zero-order valence-corrected chi connectivity index (χ0v) is 32.8. The Morgan fingerprint density at radius 3 is 1.49 bits per heavy atom. The van der Waals surface area contributed by atoms with Crippen LogP contribution in [0.3, 0.4) is 0 Å². The van der Waals surface area contributed by atoms with E-state index >= 15 is 0 Å². The highest BCUT2D eigenvalue weighted by molar-refractivity contribution is 6.25. The van der Waals surface area contributed by atoms with E-state index in [0.717, 1.165) is 60.5 Å². The van der Waals surface area contributed by atoms with E-state index in [1.165, 1.54) is 65.2 Å². The van der Waals surface area contributed by atoms with Crippen LogP contribution in [0.2, 0.25) is 0 Å². The van der Waals surface area contributed by atoms with Gasteiger partial charge in [-0.1, -0.05) is 133 Å². The molecule has 61 heavy (non-hydrogen) atoms. The van der Waals surface area contributed by atoms with Crippen molar-refractivity contribution in [3.05, 3.63) is 211 Å². The zero-order valence-electron chi connectivity index (χ0n) is 32.8. The van der Waals surface area contributed by atoms with Gasteiger partial charge in [0.05, 0.1) is 33.1 Å². The van der Waals surface area contributed by atoms with Crippen LogP contribution in [0.5, 0.6) is 0 Å². The summed E-state index contributed by atoms with van der Waals surface area (Å²) in [4.78, 5) is 14.0. The number of fused-ring (bicyclic) bond motifs is 15. The first-order chi connectivity index (χ1) is 30.2. The summed E-state index contributed by atoms with van der Waals surface area (Å²) < 4.78 is 6.84. The molecule has 0 aliphatic heterocycles. The lowest BCUT2D eigenvalue weighted by Crippen LogP contribution is -2.12. The van der Waals surface area contributed by atoms with Crippen molar-refractivity contribution >= 4 is 103 Å². The normalized spacial score (nSPS) is 12.3. The SMILES string of the molecule is O=c1c2ccccc2c2cc(-c3ccc4ccc5cc(-n6c7ccccc7c7ccc8c9ccccc9n(-c9ccccc9)c8c76)ccc5c4c3)cc3c4ccccc4n1c23. The van der Waals surface area contributed by atoms with Gasteiger partial charge in [0.15, 0.2) is 0 Å². The van der Waals surface area contributed by atoms with Gasteiger partial charge in [0.25, 0.3) is 5.56 Å². The third-order valence-corrected chi connectivity index (χ3v) is 13.3. The van der Waals surface area contributed by atoms with Gasteiger partial charge < -0.3 is 9.13 Å². The number of aromatic nitrogens is 3. The lowest BCUT2D eigenvalue weighted by molar-refractivity contribution is 1.15. The fourth-order valence-electron chi connectivity index (χ4n) is 10.7. The summed E-state index contributed by atoms with van der Waals surface area (Å²) >= 11 is 0. The molecule has 0 saturated carbocycles. The molecule has 0 bridgehead atoms. The van der Waals surface area contributed by atoms with Gasteiger partial charge in [-0.25, -0.2) is 0 Å². The molecule has 0 aliphatic rings. The molecule has 0 radical (unpaired) electrons. The van der Waals surface area contributed by atoms with Crippen molar-refractivity contribution < 1.29 is 0 Å². The third kappa shape index (κ3) is 4.35. The molecule has 282 valence electrons. The summed E-state index contributed by atoms with van der Waals surface area (Å²) in [5.74, 6) is 0. The van der Waals surface area contributed by atoms with Crippen molar-refractivity contribution in [2.45, 2.75) is 0 Å². The van der Waals surface area contributed by atoms with Crippen molar-refractivity contribution in [2.75, 3.05) is 0 Å². The summed E-state index contributed by atoms with van der Waals surface area (Å²) in [6, 6.07) is 72.2. The molecule has 4 nitrogen and oxygen atoms in total. The Kier molecular flexibility index (Phi) is 6.40. The third-order valence-electron chi connectivity index (χ3n) is 13.3. The molecule has 4 heteroatoms. The molecule has 0 unspecified atom stereocenters. The lowest BCUT2D eigenvalue weighted by atomic mass is 9.94. The Labute approximate surface area is 348 Å². The van der Waals surface area contributed by atoms with Crippen LogP contribution >= 0.6 is 0 Å². The van der Waals surface area contributed by atoms with Crippen LogP contribution in [0.4, 0.5) is 0 Å². The highest BCUT2D eigenvalue weighted by Gasteiger charge is 2.22. The molecule has 0 amide bonds. The van der Waals surface area contributed by atoms with Crippen LogP contribution in [0.15, 0.2) is 205 Å². The molecule has 14 rings (SSSR count). The Morgan fingerprint density at radius 2 is 0.787 bits per heavy atom. The van der Waals surface area contributed by atoms with Crippen LogP contribution in [-0.2, 0) is 0 Å². The summed E-state index contributed by atoms with van der Waals surface area (Å²) in [7, 11) is 0. The van der Waals surface area contributed by atoms with Crippen LogP contribution in [0.1, 0.15) is 0 Å². The molecule has 0 fully saturated rings.